The maximum Gasteiger partial charge on any atom is 0.229 e. The smallest absolute Gasteiger partial charge is 0.229 e. The largest absolute Gasteiger partial charge is 0.300 e. The fourth-order valence-corrected chi connectivity index (χ4v) is 4.61. The van der Waals surface area contributed by atoms with Gasteiger partial charge in [-0.05, 0) is 44.2 Å². The first-order chi connectivity index (χ1) is 12.1. The molecule has 134 valence electrons. The molecule has 0 aliphatic carbocycles. The number of aromatic nitrogens is 2. The fraction of sp³-hybridized carbons (Fsp3) is 0.500. The number of hydrogen-bond acceptors (Lipinski definition) is 6. The lowest BCUT2D eigenvalue weighted by Crippen LogP contribution is -2.37. The first-order valence-corrected chi connectivity index (χ1v) is 10.5. The Morgan fingerprint density at radius 1 is 1.28 bits per heavy atom. The van der Waals surface area contributed by atoms with E-state index in [0.29, 0.717) is 5.13 Å². The molecule has 25 heavy (non-hydrogen) atoms. The SMILES string of the molecule is CCSc1nnc(NC(=O)C2CCN(Cc3ccc(C)cc3)CC2)s1. The first kappa shape index (κ1) is 18.4. The molecule has 7 heteroatoms. The Kier molecular flexibility index (Phi) is 6.45. The van der Waals surface area contributed by atoms with Gasteiger partial charge in [0, 0.05) is 12.5 Å². The van der Waals surface area contributed by atoms with Gasteiger partial charge >= 0.3 is 0 Å². The number of benzene rings is 1. The number of nitrogens with zero attached hydrogens (tertiary/aromatic N) is 3. The second-order valence-corrected chi connectivity index (χ2v) is 8.82. The van der Waals surface area contributed by atoms with Crippen molar-refractivity contribution in [1.82, 2.24) is 15.1 Å². The lowest BCUT2D eigenvalue weighted by Gasteiger charge is -2.31. The van der Waals surface area contributed by atoms with E-state index in [0.717, 1.165) is 42.6 Å². The van der Waals surface area contributed by atoms with E-state index in [9.17, 15) is 4.79 Å². The number of nitrogens with one attached hydrogen (secondary N) is 1. The molecule has 1 aromatic carbocycles. The summed E-state index contributed by atoms with van der Waals surface area (Å²) in [4.78, 5) is 14.9. The maximum absolute atomic E-state index is 12.4. The van der Waals surface area contributed by atoms with E-state index >= 15 is 0 Å². The normalized spacial score (nSPS) is 16.1. The zero-order valence-corrected chi connectivity index (χ0v) is 16.3. The molecule has 0 saturated carbocycles. The van der Waals surface area contributed by atoms with Crippen LogP contribution in [0, 0.1) is 12.8 Å². The summed E-state index contributed by atoms with van der Waals surface area (Å²) in [5, 5.41) is 11.7. The van der Waals surface area contributed by atoms with Gasteiger partial charge in [0.1, 0.15) is 0 Å². The van der Waals surface area contributed by atoms with Crippen molar-refractivity contribution in [2.24, 2.45) is 5.92 Å². The number of amides is 1. The third kappa shape index (κ3) is 5.26. The van der Waals surface area contributed by atoms with E-state index in [1.165, 1.54) is 22.5 Å². The van der Waals surface area contributed by atoms with Crippen molar-refractivity contribution in [3.63, 3.8) is 0 Å². The summed E-state index contributed by atoms with van der Waals surface area (Å²) in [6.07, 6.45) is 1.79. The van der Waals surface area contributed by atoms with Crippen LogP contribution in [0.15, 0.2) is 28.6 Å². The van der Waals surface area contributed by atoms with Crippen LogP contribution in [0.2, 0.25) is 0 Å². The predicted octanol–water partition coefficient (Wildman–Crippen LogP) is 3.81. The van der Waals surface area contributed by atoms with Crippen LogP contribution >= 0.6 is 23.1 Å². The highest BCUT2D eigenvalue weighted by Gasteiger charge is 2.25. The van der Waals surface area contributed by atoms with Crippen molar-refractivity contribution < 1.29 is 4.79 Å². The van der Waals surface area contributed by atoms with Crippen LogP contribution in [-0.4, -0.2) is 39.8 Å². The second-order valence-electron chi connectivity index (χ2n) is 6.33. The van der Waals surface area contributed by atoms with Gasteiger partial charge in [0.25, 0.3) is 0 Å². The number of anilines is 1. The van der Waals surface area contributed by atoms with Crippen LogP contribution in [0.5, 0.6) is 0 Å². The predicted molar refractivity (Wildman–Crippen MR) is 104 cm³/mol. The van der Waals surface area contributed by atoms with E-state index in [2.05, 4.69) is 58.5 Å². The zero-order chi connectivity index (χ0) is 17.6. The molecule has 2 heterocycles. The molecular weight excluding hydrogens is 352 g/mol. The van der Waals surface area contributed by atoms with Crippen molar-refractivity contribution in [1.29, 1.82) is 0 Å². The van der Waals surface area contributed by atoms with Gasteiger partial charge in [-0.1, -0.05) is 59.9 Å². The molecule has 3 rings (SSSR count). The minimum atomic E-state index is 0.0699. The maximum atomic E-state index is 12.4. The van der Waals surface area contributed by atoms with Crippen LogP contribution < -0.4 is 5.32 Å². The Balaban J connectivity index is 1.46. The number of thioether (sulfide) groups is 1. The minimum Gasteiger partial charge on any atom is -0.300 e. The molecule has 0 bridgehead atoms. The van der Waals surface area contributed by atoms with Gasteiger partial charge in [0.05, 0.1) is 0 Å². The third-order valence-electron chi connectivity index (χ3n) is 4.39. The van der Waals surface area contributed by atoms with Gasteiger partial charge in [0.15, 0.2) is 4.34 Å². The van der Waals surface area contributed by atoms with Crippen molar-refractivity contribution in [2.45, 2.75) is 37.6 Å². The molecule has 0 unspecified atom stereocenters. The van der Waals surface area contributed by atoms with E-state index in [-0.39, 0.29) is 11.8 Å². The number of likely N-dealkylation sites (tertiary alicyclic amines) is 1. The number of piperidine rings is 1. The lowest BCUT2D eigenvalue weighted by molar-refractivity contribution is -0.121. The molecule has 1 saturated heterocycles. The summed E-state index contributed by atoms with van der Waals surface area (Å²) in [6.45, 7) is 7.06. The molecule has 0 radical (unpaired) electrons. The van der Waals surface area contributed by atoms with Gasteiger partial charge < -0.3 is 5.32 Å². The van der Waals surface area contributed by atoms with Crippen LogP contribution in [0.25, 0.3) is 0 Å². The van der Waals surface area contributed by atoms with Crippen LogP contribution in [-0.2, 0) is 11.3 Å². The Bertz CT molecular complexity index is 693. The molecule has 1 aliphatic heterocycles. The molecule has 1 fully saturated rings. The Hall–Kier alpha value is -1.44. The molecule has 0 atom stereocenters. The van der Waals surface area contributed by atoms with Crippen molar-refractivity contribution in [3.8, 4) is 0 Å². The monoisotopic (exact) mass is 376 g/mol. The highest BCUT2D eigenvalue weighted by molar-refractivity contribution is 8.01. The zero-order valence-electron chi connectivity index (χ0n) is 14.7. The number of hydrogen-bond donors (Lipinski definition) is 1. The summed E-state index contributed by atoms with van der Waals surface area (Å²) in [5.74, 6) is 1.11. The fourth-order valence-electron chi connectivity index (χ4n) is 2.95. The summed E-state index contributed by atoms with van der Waals surface area (Å²) >= 11 is 3.10. The van der Waals surface area contributed by atoms with Crippen LogP contribution in [0.4, 0.5) is 5.13 Å². The Labute approximate surface area is 157 Å². The van der Waals surface area contributed by atoms with E-state index < -0.39 is 0 Å². The summed E-state index contributed by atoms with van der Waals surface area (Å²) in [7, 11) is 0. The summed E-state index contributed by atoms with van der Waals surface area (Å²) in [6, 6.07) is 8.69. The van der Waals surface area contributed by atoms with E-state index in [4.69, 9.17) is 0 Å². The molecule has 1 aliphatic rings. The highest BCUT2D eigenvalue weighted by atomic mass is 32.2. The van der Waals surface area contributed by atoms with E-state index in [1.807, 2.05) is 0 Å². The molecular formula is C18H24N4OS2. The van der Waals surface area contributed by atoms with Crippen molar-refractivity contribution >= 4 is 34.1 Å². The molecule has 1 amide bonds. The highest BCUT2D eigenvalue weighted by Crippen LogP contribution is 2.26. The van der Waals surface area contributed by atoms with Crippen molar-refractivity contribution in [3.05, 3.63) is 35.4 Å². The van der Waals surface area contributed by atoms with Crippen LogP contribution in [0.1, 0.15) is 30.9 Å². The number of carbonyl (C=O) groups excluding carboxylic acids is 1. The average molecular weight is 377 g/mol. The van der Waals surface area contributed by atoms with Gasteiger partial charge in [-0.3, -0.25) is 9.69 Å². The molecule has 0 spiro atoms. The number of carbonyl (C=O) groups is 1. The van der Waals surface area contributed by atoms with E-state index in [1.54, 1.807) is 11.8 Å². The summed E-state index contributed by atoms with van der Waals surface area (Å²) in [5.41, 5.74) is 2.62. The molecule has 2 aromatic rings. The third-order valence-corrected chi connectivity index (χ3v) is 6.24. The lowest BCUT2D eigenvalue weighted by atomic mass is 9.95. The van der Waals surface area contributed by atoms with Gasteiger partial charge in [-0.15, -0.1) is 10.2 Å². The van der Waals surface area contributed by atoms with Gasteiger partial charge in [-0.25, -0.2) is 0 Å². The van der Waals surface area contributed by atoms with Crippen molar-refractivity contribution in [2.75, 3.05) is 24.2 Å². The second kappa shape index (κ2) is 8.78. The minimum absolute atomic E-state index is 0.0699. The standard InChI is InChI=1S/C18H24N4OS2/c1-3-24-18-21-20-17(25-18)19-16(23)15-8-10-22(11-9-15)12-14-6-4-13(2)5-7-14/h4-7,15H,3,8-12H2,1-2H3,(H,19,20,23). The number of aryl methyl sites for hydroxylation is 1. The average Bonchev–Trinajstić information content (AvgIpc) is 3.05. The number of rotatable bonds is 6. The molecule has 1 N–H and O–H groups in total. The Morgan fingerprint density at radius 2 is 2.00 bits per heavy atom. The van der Waals surface area contributed by atoms with Gasteiger partial charge in [-0.2, -0.15) is 0 Å². The van der Waals surface area contributed by atoms with Gasteiger partial charge in [0.2, 0.25) is 11.0 Å². The topological polar surface area (TPSA) is 58.1 Å². The Morgan fingerprint density at radius 3 is 2.68 bits per heavy atom. The molecule has 5 nitrogen and oxygen atoms in total. The van der Waals surface area contributed by atoms with Crippen LogP contribution in [0.3, 0.4) is 0 Å². The molecule has 1 aromatic heterocycles. The quantitative estimate of drug-likeness (QED) is 0.614. The summed E-state index contributed by atoms with van der Waals surface area (Å²) < 4.78 is 0.908. The first-order valence-electron chi connectivity index (χ1n) is 8.69.